The number of hydrogen-bond donors (Lipinski definition) is 2. The molecule has 5 heteroatoms. The number of nitrogens with two attached hydrogens (primary N) is 1. The second-order valence-electron chi connectivity index (χ2n) is 3.49. The summed E-state index contributed by atoms with van der Waals surface area (Å²) in [5.74, 6) is -0.437. The third-order valence-electron chi connectivity index (χ3n) is 2.21. The van der Waals surface area contributed by atoms with E-state index in [2.05, 4.69) is 27.9 Å². The molecule has 0 spiro atoms. The summed E-state index contributed by atoms with van der Waals surface area (Å²) in [6, 6.07) is 10.1. The summed E-state index contributed by atoms with van der Waals surface area (Å²) < 4.78 is 14.0. The van der Waals surface area contributed by atoms with E-state index in [1.807, 2.05) is 18.2 Å². The second-order valence-corrected chi connectivity index (χ2v) is 5.14. The third kappa shape index (κ3) is 3.01. The zero-order valence-electron chi connectivity index (χ0n) is 8.68. The van der Waals surface area contributed by atoms with E-state index in [0.29, 0.717) is 11.4 Å². The first kappa shape index (κ1) is 12.4. The number of rotatable bonds is 2. The van der Waals surface area contributed by atoms with Crippen molar-refractivity contribution in [1.82, 2.24) is 0 Å². The Morgan fingerprint density at radius 1 is 1.18 bits per heavy atom. The van der Waals surface area contributed by atoms with Gasteiger partial charge in [-0.25, -0.2) is 4.39 Å². The lowest BCUT2D eigenvalue weighted by molar-refractivity contribution is 0.628. The summed E-state index contributed by atoms with van der Waals surface area (Å²) in [5, 5.41) is 3.17. The Labute approximate surface area is 117 Å². The Kier molecular flexibility index (Phi) is 3.73. The summed E-state index contributed by atoms with van der Waals surface area (Å²) >= 11 is 7.88. The van der Waals surface area contributed by atoms with Crippen LogP contribution in [-0.2, 0) is 0 Å². The van der Waals surface area contributed by atoms with Gasteiger partial charge in [-0.1, -0.05) is 11.6 Å². The largest absolute Gasteiger partial charge is 0.397 e. The normalized spacial score (nSPS) is 10.3. The van der Waals surface area contributed by atoms with Crippen LogP contribution in [0.4, 0.5) is 21.5 Å². The Balaban J connectivity index is 2.28. The smallest absolute Gasteiger partial charge is 0.141 e. The SMILES string of the molecule is Nc1cc(I)ccc1Nc1ccc(F)c(Cl)c1. The Morgan fingerprint density at radius 3 is 2.59 bits per heavy atom. The Morgan fingerprint density at radius 2 is 1.94 bits per heavy atom. The average molecular weight is 363 g/mol. The third-order valence-corrected chi connectivity index (χ3v) is 3.17. The fourth-order valence-electron chi connectivity index (χ4n) is 1.38. The van der Waals surface area contributed by atoms with Crippen molar-refractivity contribution in [2.75, 3.05) is 11.1 Å². The Hall–Kier alpha value is -1.01. The monoisotopic (exact) mass is 362 g/mol. The summed E-state index contributed by atoms with van der Waals surface area (Å²) in [7, 11) is 0. The van der Waals surface area contributed by atoms with Crippen LogP contribution in [0, 0.1) is 9.39 Å². The molecule has 88 valence electrons. The van der Waals surface area contributed by atoms with Crippen molar-refractivity contribution in [1.29, 1.82) is 0 Å². The van der Waals surface area contributed by atoms with Crippen molar-refractivity contribution in [3.63, 3.8) is 0 Å². The summed E-state index contributed by atoms with van der Waals surface area (Å²) in [6.07, 6.45) is 0. The molecular formula is C12H9ClFIN2. The first-order chi connectivity index (χ1) is 8.06. The first-order valence-corrected chi connectivity index (χ1v) is 6.29. The first-order valence-electron chi connectivity index (χ1n) is 4.83. The topological polar surface area (TPSA) is 38.0 Å². The van der Waals surface area contributed by atoms with E-state index in [1.54, 1.807) is 6.07 Å². The number of benzene rings is 2. The van der Waals surface area contributed by atoms with Gasteiger partial charge in [0.15, 0.2) is 0 Å². The molecule has 17 heavy (non-hydrogen) atoms. The van der Waals surface area contributed by atoms with Crippen molar-refractivity contribution in [3.8, 4) is 0 Å². The molecule has 3 N–H and O–H groups in total. The molecule has 0 amide bonds. The van der Waals surface area contributed by atoms with Gasteiger partial charge in [0, 0.05) is 9.26 Å². The second kappa shape index (κ2) is 5.10. The molecule has 0 fully saturated rings. The van der Waals surface area contributed by atoms with E-state index in [-0.39, 0.29) is 5.02 Å². The van der Waals surface area contributed by atoms with Crippen molar-refractivity contribution >= 4 is 51.3 Å². The van der Waals surface area contributed by atoms with Gasteiger partial charge in [0.25, 0.3) is 0 Å². The summed E-state index contributed by atoms with van der Waals surface area (Å²) in [4.78, 5) is 0. The molecule has 0 aliphatic heterocycles. The van der Waals surface area contributed by atoms with Crippen molar-refractivity contribution in [2.24, 2.45) is 0 Å². The van der Waals surface area contributed by atoms with E-state index in [1.165, 1.54) is 12.1 Å². The van der Waals surface area contributed by atoms with Crippen LogP contribution in [0.2, 0.25) is 5.02 Å². The molecular weight excluding hydrogens is 354 g/mol. The van der Waals surface area contributed by atoms with Gasteiger partial charge in [0.05, 0.1) is 16.4 Å². The van der Waals surface area contributed by atoms with Gasteiger partial charge in [-0.2, -0.15) is 0 Å². The van der Waals surface area contributed by atoms with Crippen LogP contribution in [0.3, 0.4) is 0 Å². The van der Waals surface area contributed by atoms with Crippen LogP contribution in [0.15, 0.2) is 36.4 Å². The fourth-order valence-corrected chi connectivity index (χ4v) is 2.07. The van der Waals surface area contributed by atoms with Gasteiger partial charge >= 0.3 is 0 Å². The lowest BCUT2D eigenvalue weighted by Crippen LogP contribution is -1.96. The zero-order chi connectivity index (χ0) is 12.4. The highest BCUT2D eigenvalue weighted by molar-refractivity contribution is 14.1. The van der Waals surface area contributed by atoms with E-state index in [0.717, 1.165) is 9.26 Å². The quantitative estimate of drug-likeness (QED) is 0.613. The summed E-state index contributed by atoms with van der Waals surface area (Å²) in [6.45, 7) is 0. The zero-order valence-corrected chi connectivity index (χ0v) is 11.6. The maximum atomic E-state index is 13.0. The summed E-state index contributed by atoms with van der Waals surface area (Å²) in [5.41, 5.74) is 7.97. The van der Waals surface area contributed by atoms with Gasteiger partial charge in [-0.3, -0.25) is 0 Å². The van der Waals surface area contributed by atoms with Crippen LogP contribution in [0.1, 0.15) is 0 Å². The van der Waals surface area contributed by atoms with Gasteiger partial charge in [-0.15, -0.1) is 0 Å². The van der Waals surface area contributed by atoms with Crippen LogP contribution in [0.25, 0.3) is 0 Å². The number of halogens is 3. The molecule has 0 atom stereocenters. The molecule has 2 rings (SSSR count). The standard InChI is InChI=1S/C12H9ClFIN2/c13-9-6-8(2-3-10(9)14)17-12-4-1-7(15)5-11(12)16/h1-6,17H,16H2. The fraction of sp³-hybridized carbons (Fsp3) is 0. The Bertz CT molecular complexity index is 560. The maximum Gasteiger partial charge on any atom is 0.141 e. The number of nitrogen functional groups attached to an aromatic ring is 1. The molecule has 0 unspecified atom stereocenters. The van der Waals surface area contributed by atoms with E-state index >= 15 is 0 Å². The van der Waals surface area contributed by atoms with E-state index in [9.17, 15) is 4.39 Å². The van der Waals surface area contributed by atoms with Crippen LogP contribution < -0.4 is 11.1 Å². The van der Waals surface area contributed by atoms with E-state index in [4.69, 9.17) is 17.3 Å². The number of nitrogens with one attached hydrogen (secondary N) is 1. The van der Waals surface area contributed by atoms with Crippen molar-refractivity contribution in [2.45, 2.75) is 0 Å². The molecule has 0 aromatic heterocycles. The lowest BCUT2D eigenvalue weighted by atomic mass is 10.2. The molecule has 0 saturated heterocycles. The minimum absolute atomic E-state index is 0.0825. The van der Waals surface area contributed by atoms with Crippen molar-refractivity contribution < 1.29 is 4.39 Å². The molecule has 0 aliphatic carbocycles. The van der Waals surface area contributed by atoms with Crippen molar-refractivity contribution in [3.05, 3.63) is 50.8 Å². The number of hydrogen-bond acceptors (Lipinski definition) is 2. The maximum absolute atomic E-state index is 13.0. The highest BCUT2D eigenvalue weighted by atomic mass is 127. The molecule has 0 saturated carbocycles. The number of anilines is 3. The van der Waals surface area contributed by atoms with Gasteiger partial charge in [0.1, 0.15) is 5.82 Å². The highest BCUT2D eigenvalue weighted by Gasteiger charge is 2.03. The molecule has 0 radical (unpaired) electrons. The van der Waals surface area contributed by atoms with Crippen LogP contribution >= 0.6 is 34.2 Å². The molecule has 2 aromatic rings. The molecule has 2 nitrogen and oxygen atoms in total. The van der Waals surface area contributed by atoms with Gasteiger partial charge in [0.2, 0.25) is 0 Å². The molecule has 0 aliphatic rings. The molecule has 2 aromatic carbocycles. The van der Waals surface area contributed by atoms with Crippen LogP contribution in [0.5, 0.6) is 0 Å². The van der Waals surface area contributed by atoms with E-state index < -0.39 is 5.82 Å². The molecule has 0 heterocycles. The highest BCUT2D eigenvalue weighted by Crippen LogP contribution is 2.27. The van der Waals surface area contributed by atoms with Crippen LogP contribution in [-0.4, -0.2) is 0 Å². The predicted molar refractivity (Wildman–Crippen MR) is 78.3 cm³/mol. The molecule has 0 bridgehead atoms. The van der Waals surface area contributed by atoms with Gasteiger partial charge < -0.3 is 11.1 Å². The predicted octanol–water partition coefficient (Wildman–Crippen LogP) is 4.41. The average Bonchev–Trinajstić information content (AvgIpc) is 2.27. The van der Waals surface area contributed by atoms with Gasteiger partial charge in [-0.05, 0) is 59.0 Å². The minimum atomic E-state index is -0.437. The minimum Gasteiger partial charge on any atom is -0.397 e. The lowest BCUT2D eigenvalue weighted by Gasteiger charge is -2.10.